The van der Waals surface area contributed by atoms with E-state index in [9.17, 15) is 4.79 Å². The van der Waals surface area contributed by atoms with Gasteiger partial charge in [-0.15, -0.1) is 0 Å². The van der Waals surface area contributed by atoms with Crippen molar-refractivity contribution in [1.29, 1.82) is 0 Å². The first-order valence-corrected chi connectivity index (χ1v) is 6.52. The zero-order valence-corrected chi connectivity index (χ0v) is 11.9. The summed E-state index contributed by atoms with van der Waals surface area (Å²) in [6.45, 7) is 8.57. The minimum atomic E-state index is -0.370. The zero-order valence-electron chi connectivity index (χ0n) is 11.9. The first-order chi connectivity index (χ1) is 7.66. The molecule has 0 spiro atoms. The van der Waals surface area contributed by atoms with Crippen molar-refractivity contribution in [2.75, 3.05) is 7.11 Å². The molecule has 3 nitrogen and oxygen atoms in total. The Bertz CT molecular complexity index is 291. The van der Waals surface area contributed by atoms with Crippen molar-refractivity contribution >= 4 is 5.97 Å². The number of esters is 1. The second kappa shape index (κ2) is 4.60. The van der Waals surface area contributed by atoms with Crippen LogP contribution >= 0.6 is 0 Å². The van der Waals surface area contributed by atoms with Gasteiger partial charge >= 0.3 is 5.97 Å². The molecule has 0 aromatic heterocycles. The lowest BCUT2D eigenvalue weighted by molar-refractivity contribution is -0.151. The summed E-state index contributed by atoms with van der Waals surface area (Å²) in [4.78, 5) is 11.7. The van der Waals surface area contributed by atoms with Gasteiger partial charge in [0.15, 0.2) is 0 Å². The number of carbonyl (C=O) groups is 1. The Kier molecular flexibility index (Phi) is 3.92. The van der Waals surface area contributed by atoms with Crippen LogP contribution in [0, 0.1) is 10.8 Å². The normalized spacial score (nSPS) is 28.8. The molecule has 0 aromatic rings. The van der Waals surface area contributed by atoms with Crippen molar-refractivity contribution in [1.82, 2.24) is 0 Å². The summed E-state index contributed by atoms with van der Waals surface area (Å²) in [6.07, 6.45) is 4.95. The Morgan fingerprint density at radius 1 is 1.29 bits per heavy atom. The van der Waals surface area contributed by atoms with Crippen LogP contribution < -0.4 is 5.73 Å². The number of nitrogens with two attached hydrogens (primary N) is 1. The molecule has 0 saturated heterocycles. The van der Waals surface area contributed by atoms with Crippen molar-refractivity contribution < 1.29 is 9.53 Å². The molecule has 1 fully saturated rings. The van der Waals surface area contributed by atoms with Crippen LogP contribution in [0.3, 0.4) is 0 Å². The lowest BCUT2D eigenvalue weighted by Gasteiger charge is -2.57. The molecule has 0 aromatic carbocycles. The van der Waals surface area contributed by atoms with Gasteiger partial charge in [-0.05, 0) is 32.1 Å². The number of hydrogen-bond acceptors (Lipinski definition) is 3. The summed E-state index contributed by atoms with van der Waals surface area (Å²) in [7, 11) is 1.45. The minimum absolute atomic E-state index is 0.0810. The molecular weight excluding hydrogens is 214 g/mol. The van der Waals surface area contributed by atoms with Crippen molar-refractivity contribution in [2.24, 2.45) is 16.6 Å². The smallest absolute Gasteiger partial charge is 0.306 e. The fourth-order valence-electron chi connectivity index (χ4n) is 3.64. The zero-order chi connectivity index (χ0) is 13.3. The molecule has 1 rings (SSSR count). The molecule has 2 N–H and O–H groups in total. The van der Waals surface area contributed by atoms with Crippen molar-refractivity contribution in [2.45, 2.75) is 65.3 Å². The highest BCUT2D eigenvalue weighted by Crippen LogP contribution is 2.57. The van der Waals surface area contributed by atoms with E-state index in [4.69, 9.17) is 10.5 Å². The Labute approximate surface area is 105 Å². The Morgan fingerprint density at radius 2 is 1.82 bits per heavy atom. The van der Waals surface area contributed by atoms with Gasteiger partial charge in [0.25, 0.3) is 0 Å². The molecule has 1 unspecified atom stereocenters. The van der Waals surface area contributed by atoms with E-state index in [-0.39, 0.29) is 22.3 Å². The van der Waals surface area contributed by atoms with Crippen LogP contribution in [0.15, 0.2) is 0 Å². The second-order valence-electron chi connectivity index (χ2n) is 6.65. The van der Waals surface area contributed by atoms with Gasteiger partial charge in [-0.25, -0.2) is 0 Å². The van der Waals surface area contributed by atoms with Crippen LogP contribution in [0.25, 0.3) is 0 Å². The summed E-state index contributed by atoms with van der Waals surface area (Å²) in [5.41, 5.74) is 5.97. The molecule has 1 atom stereocenters. The lowest BCUT2D eigenvalue weighted by Crippen LogP contribution is -2.60. The first-order valence-electron chi connectivity index (χ1n) is 6.52. The van der Waals surface area contributed by atoms with Crippen molar-refractivity contribution in [3.05, 3.63) is 0 Å². The molecule has 0 heterocycles. The number of carbonyl (C=O) groups excluding carboxylic acids is 1. The molecular formula is C14H27NO2. The molecule has 0 amide bonds. The summed E-state index contributed by atoms with van der Waals surface area (Å²) in [6, 6.07) is 0. The number of rotatable bonds is 3. The standard InChI is InChI=1S/C14H27NO2/c1-12(2)8-6-7-9-14(12,13(3,4)15)10-11(16)17-5/h6-10,15H2,1-5H3. The third-order valence-electron chi connectivity index (χ3n) is 4.86. The largest absolute Gasteiger partial charge is 0.469 e. The first kappa shape index (κ1) is 14.5. The van der Waals surface area contributed by atoms with Gasteiger partial charge in [0.2, 0.25) is 0 Å². The van der Waals surface area contributed by atoms with Gasteiger partial charge in [0.05, 0.1) is 13.5 Å². The third-order valence-corrected chi connectivity index (χ3v) is 4.86. The van der Waals surface area contributed by atoms with Crippen molar-refractivity contribution in [3.8, 4) is 0 Å². The molecule has 1 aliphatic carbocycles. The molecule has 1 saturated carbocycles. The highest BCUT2D eigenvalue weighted by molar-refractivity contribution is 5.70. The maximum absolute atomic E-state index is 11.7. The number of hydrogen-bond donors (Lipinski definition) is 1. The lowest BCUT2D eigenvalue weighted by atomic mass is 9.49. The average molecular weight is 241 g/mol. The van der Waals surface area contributed by atoms with Gasteiger partial charge in [-0.1, -0.05) is 26.7 Å². The van der Waals surface area contributed by atoms with Gasteiger partial charge in [-0.3, -0.25) is 4.79 Å². The van der Waals surface area contributed by atoms with E-state index >= 15 is 0 Å². The maximum atomic E-state index is 11.7. The van der Waals surface area contributed by atoms with Gasteiger partial charge in [0.1, 0.15) is 0 Å². The molecule has 0 aliphatic heterocycles. The summed E-state index contributed by atoms with van der Waals surface area (Å²) in [5, 5.41) is 0. The Balaban J connectivity index is 3.13. The topological polar surface area (TPSA) is 52.3 Å². The number of methoxy groups -OCH3 is 1. The molecule has 0 bridgehead atoms. The Hall–Kier alpha value is -0.570. The second-order valence-corrected chi connectivity index (χ2v) is 6.65. The fraction of sp³-hybridized carbons (Fsp3) is 0.929. The van der Waals surface area contributed by atoms with E-state index in [0.29, 0.717) is 6.42 Å². The molecule has 3 heteroatoms. The summed E-state index contributed by atoms with van der Waals surface area (Å²) >= 11 is 0. The van der Waals surface area contributed by atoms with E-state index in [1.807, 2.05) is 13.8 Å². The van der Waals surface area contributed by atoms with Crippen LogP contribution in [0.1, 0.15) is 59.8 Å². The molecule has 0 radical (unpaired) electrons. The van der Waals surface area contributed by atoms with E-state index in [2.05, 4.69) is 13.8 Å². The minimum Gasteiger partial charge on any atom is -0.469 e. The Morgan fingerprint density at radius 3 is 2.24 bits per heavy atom. The predicted molar refractivity (Wildman–Crippen MR) is 69.6 cm³/mol. The quantitative estimate of drug-likeness (QED) is 0.773. The molecule has 17 heavy (non-hydrogen) atoms. The summed E-state index contributed by atoms with van der Waals surface area (Å²) < 4.78 is 4.87. The molecule has 1 aliphatic rings. The average Bonchev–Trinajstić information content (AvgIpc) is 2.19. The van der Waals surface area contributed by atoms with Gasteiger partial charge in [-0.2, -0.15) is 0 Å². The van der Waals surface area contributed by atoms with Crippen LogP contribution in [0.5, 0.6) is 0 Å². The van der Waals surface area contributed by atoms with Crippen LogP contribution in [0.2, 0.25) is 0 Å². The van der Waals surface area contributed by atoms with Crippen LogP contribution in [-0.4, -0.2) is 18.6 Å². The maximum Gasteiger partial charge on any atom is 0.306 e. The van der Waals surface area contributed by atoms with E-state index < -0.39 is 0 Å². The fourth-order valence-corrected chi connectivity index (χ4v) is 3.64. The van der Waals surface area contributed by atoms with Crippen molar-refractivity contribution in [3.63, 3.8) is 0 Å². The monoisotopic (exact) mass is 241 g/mol. The summed E-state index contributed by atoms with van der Waals surface area (Å²) in [5.74, 6) is -0.140. The highest BCUT2D eigenvalue weighted by atomic mass is 16.5. The number of ether oxygens (including phenoxy) is 1. The van der Waals surface area contributed by atoms with E-state index in [0.717, 1.165) is 19.3 Å². The predicted octanol–water partition coefficient (Wildman–Crippen LogP) is 2.87. The van der Waals surface area contributed by atoms with Crippen LogP contribution in [-0.2, 0) is 9.53 Å². The highest BCUT2D eigenvalue weighted by Gasteiger charge is 2.55. The van der Waals surface area contributed by atoms with Gasteiger partial charge < -0.3 is 10.5 Å². The SMILES string of the molecule is COC(=O)CC1(C(C)(C)N)CCCCC1(C)C. The van der Waals surface area contributed by atoms with E-state index in [1.54, 1.807) is 0 Å². The van der Waals surface area contributed by atoms with Crippen LogP contribution in [0.4, 0.5) is 0 Å². The molecule has 100 valence electrons. The van der Waals surface area contributed by atoms with E-state index in [1.165, 1.54) is 13.5 Å². The van der Waals surface area contributed by atoms with Gasteiger partial charge in [0, 0.05) is 11.0 Å². The third kappa shape index (κ3) is 2.49.